The first-order chi connectivity index (χ1) is 14.3. The Balaban J connectivity index is 1.95. The summed E-state index contributed by atoms with van der Waals surface area (Å²) in [5, 5.41) is 14.9. The molecule has 2 aromatic heterocycles. The van der Waals surface area contributed by atoms with Gasteiger partial charge in [-0.1, -0.05) is 12.1 Å². The lowest BCUT2D eigenvalue weighted by Gasteiger charge is -2.24. The van der Waals surface area contributed by atoms with Gasteiger partial charge in [-0.05, 0) is 57.2 Å². The molecule has 160 valence electrons. The molecule has 6 heteroatoms. The number of nitrogens with zero attached hydrogens (tertiary/aromatic N) is 2. The summed E-state index contributed by atoms with van der Waals surface area (Å²) in [6.45, 7) is 8.08. The van der Waals surface area contributed by atoms with E-state index >= 15 is 0 Å². The molecular formula is C24H32N4O2. The van der Waals surface area contributed by atoms with E-state index in [-0.39, 0.29) is 0 Å². The van der Waals surface area contributed by atoms with Gasteiger partial charge in [0.15, 0.2) is 0 Å². The van der Waals surface area contributed by atoms with Crippen molar-refractivity contribution in [2.75, 3.05) is 20.3 Å². The molecule has 1 aliphatic heterocycles. The zero-order valence-electron chi connectivity index (χ0n) is 18.3. The van der Waals surface area contributed by atoms with Gasteiger partial charge >= 0.3 is 0 Å². The van der Waals surface area contributed by atoms with Gasteiger partial charge in [0.05, 0.1) is 27.8 Å². The predicted molar refractivity (Wildman–Crippen MR) is 122 cm³/mol. The summed E-state index contributed by atoms with van der Waals surface area (Å²) in [6.07, 6.45) is 4.00. The van der Waals surface area contributed by atoms with Gasteiger partial charge in [-0.3, -0.25) is 4.98 Å². The van der Waals surface area contributed by atoms with E-state index in [1.54, 1.807) is 0 Å². The molecule has 0 bridgehead atoms. The number of nitrogens with one attached hydrogen (secondary N) is 1. The fourth-order valence-electron chi connectivity index (χ4n) is 4.42. The minimum absolute atomic E-state index is 0.558. The molecule has 0 saturated carbocycles. The van der Waals surface area contributed by atoms with Crippen molar-refractivity contribution in [3.8, 4) is 0 Å². The lowest BCUT2D eigenvalue weighted by Crippen LogP contribution is -2.20. The first-order valence-electron chi connectivity index (χ1n) is 10.7. The maximum Gasteiger partial charge on any atom is 0.0960 e. The van der Waals surface area contributed by atoms with E-state index < -0.39 is 5.60 Å². The molecule has 4 N–H and O–H groups in total. The lowest BCUT2D eigenvalue weighted by atomic mass is 9.97. The van der Waals surface area contributed by atoms with Crippen LogP contribution >= 0.6 is 0 Å². The molecule has 30 heavy (non-hydrogen) atoms. The van der Waals surface area contributed by atoms with Gasteiger partial charge in [-0.25, -0.2) is 0 Å². The maximum absolute atomic E-state index is 10.6. The lowest BCUT2D eigenvalue weighted by molar-refractivity contribution is 0.0619. The van der Waals surface area contributed by atoms with Gasteiger partial charge in [0, 0.05) is 49.6 Å². The number of hydrogen-bond donors (Lipinski definition) is 3. The van der Waals surface area contributed by atoms with Crippen LogP contribution in [-0.2, 0) is 16.9 Å². The third-order valence-electron chi connectivity index (χ3n) is 6.12. The standard InChI is InChI=1S/C24H32N4O2/c1-15(25)22(26-4)17-11-21-23(27-13-17)19-6-5-18(24(2,3)29)12-20(19)28(21)14-16-7-9-30-10-8-16/h5-6,11-13,16,26,29H,7-10,14,25H2,1-4H3/b22-15-. The Hall–Kier alpha value is -2.57. The number of aliphatic hydroxyl groups is 1. The first kappa shape index (κ1) is 20.7. The number of pyridine rings is 1. The second-order valence-electron chi connectivity index (χ2n) is 8.86. The average Bonchev–Trinajstić information content (AvgIpc) is 3.01. The Morgan fingerprint density at radius 2 is 2.00 bits per heavy atom. The number of nitrogens with two attached hydrogens (primary N) is 1. The van der Waals surface area contributed by atoms with Crippen LogP contribution in [0.1, 0.15) is 44.7 Å². The molecule has 0 amide bonds. The van der Waals surface area contributed by atoms with Crippen molar-refractivity contribution in [2.45, 2.75) is 45.8 Å². The predicted octanol–water partition coefficient (Wildman–Crippen LogP) is 3.71. The molecule has 4 rings (SSSR count). The summed E-state index contributed by atoms with van der Waals surface area (Å²) >= 11 is 0. The minimum atomic E-state index is -0.897. The summed E-state index contributed by atoms with van der Waals surface area (Å²) in [4.78, 5) is 4.83. The summed E-state index contributed by atoms with van der Waals surface area (Å²) in [5.41, 5.74) is 11.9. The van der Waals surface area contributed by atoms with Gasteiger partial charge in [-0.15, -0.1) is 0 Å². The van der Waals surface area contributed by atoms with E-state index in [9.17, 15) is 5.11 Å². The maximum atomic E-state index is 10.6. The van der Waals surface area contributed by atoms with Crippen molar-refractivity contribution in [3.63, 3.8) is 0 Å². The smallest absolute Gasteiger partial charge is 0.0960 e. The molecule has 1 aromatic carbocycles. The summed E-state index contributed by atoms with van der Waals surface area (Å²) in [7, 11) is 1.88. The molecular weight excluding hydrogens is 376 g/mol. The van der Waals surface area contributed by atoms with Gasteiger partial charge in [-0.2, -0.15) is 0 Å². The Morgan fingerprint density at radius 1 is 1.27 bits per heavy atom. The molecule has 1 saturated heterocycles. The number of hydrogen-bond acceptors (Lipinski definition) is 5. The SMILES string of the molecule is CN/C(=C(/C)N)c1cnc2c3ccc(C(C)(C)O)cc3n(CC3CCOCC3)c2c1. The Kier molecular flexibility index (Phi) is 5.47. The van der Waals surface area contributed by atoms with E-state index in [4.69, 9.17) is 15.5 Å². The van der Waals surface area contributed by atoms with Crippen LogP contribution in [0.3, 0.4) is 0 Å². The molecule has 0 aliphatic carbocycles. The second kappa shape index (κ2) is 7.93. The summed E-state index contributed by atoms with van der Waals surface area (Å²) < 4.78 is 7.93. The van der Waals surface area contributed by atoms with Crippen LogP contribution in [0.25, 0.3) is 27.6 Å². The van der Waals surface area contributed by atoms with Gasteiger partial charge in [0.25, 0.3) is 0 Å². The zero-order valence-corrected chi connectivity index (χ0v) is 18.3. The van der Waals surface area contributed by atoms with Crippen molar-refractivity contribution in [3.05, 3.63) is 47.3 Å². The number of allylic oxidation sites excluding steroid dienone is 1. The van der Waals surface area contributed by atoms with E-state index in [1.165, 1.54) is 0 Å². The fraction of sp³-hybridized carbons (Fsp3) is 0.458. The number of ether oxygens (including phenoxy) is 1. The quantitative estimate of drug-likeness (QED) is 0.599. The molecule has 0 spiro atoms. The van der Waals surface area contributed by atoms with Crippen molar-refractivity contribution in [1.29, 1.82) is 0 Å². The molecule has 1 aliphatic rings. The third-order valence-corrected chi connectivity index (χ3v) is 6.12. The molecule has 1 fully saturated rings. The molecule has 0 radical (unpaired) electrons. The monoisotopic (exact) mass is 408 g/mol. The number of aromatic nitrogens is 2. The van der Waals surface area contributed by atoms with Crippen molar-refractivity contribution < 1.29 is 9.84 Å². The van der Waals surface area contributed by atoms with E-state index in [0.717, 1.165) is 77.1 Å². The number of fused-ring (bicyclic) bond motifs is 3. The van der Waals surface area contributed by atoms with E-state index in [0.29, 0.717) is 5.92 Å². The first-order valence-corrected chi connectivity index (χ1v) is 10.7. The highest BCUT2D eigenvalue weighted by Crippen LogP contribution is 2.34. The van der Waals surface area contributed by atoms with Crippen LogP contribution in [-0.4, -0.2) is 34.9 Å². The van der Waals surface area contributed by atoms with Gasteiger partial charge in [0.1, 0.15) is 0 Å². The van der Waals surface area contributed by atoms with Crippen LogP contribution in [0.4, 0.5) is 0 Å². The van der Waals surface area contributed by atoms with E-state index in [2.05, 4.69) is 28.1 Å². The third kappa shape index (κ3) is 3.77. The highest BCUT2D eigenvalue weighted by atomic mass is 16.5. The Morgan fingerprint density at radius 3 is 2.63 bits per heavy atom. The zero-order chi connectivity index (χ0) is 21.5. The highest BCUT2D eigenvalue weighted by molar-refractivity contribution is 6.06. The van der Waals surface area contributed by atoms with Crippen LogP contribution in [0.15, 0.2) is 36.2 Å². The van der Waals surface area contributed by atoms with Gasteiger partial charge in [0.2, 0.25) is 0 Å². The number of rotatable bonds is 5. The van der Waals surface area contributed by atoms with Crippen molar-refractivity contribution >= 4 is 27.6 Å². The average molecular weight is 409 g/mol. The Labute approximate surface area is 177 Å². The van der Waals surface area contributed by atoms with E-state index in [1.807, 2.05) is 40.1 Å². The van der Waals surface area contributed by atoms with Crippen molar-refractivity contribution in [2.24, 2.45) is 11.7 Å². The van der Waals surface area contributed by atoms with Crippen LogP contribution in [0.2, 0.25) is 0 Å². The molecule has 0 atom stereocenters. The fourth-order valence-corrected chi connectivity index (χ4v) is 4.42. The molecule has 0 unspecified atom stereocenters. The van der Waals surface area contributed by atoms with Crippen LogP contribution in [0.5, 0.6) is 0 Å². The van der Waals surface area contributed by atoms with Gasteiger partial charge < -0.3 is 25.5 Å². The largest absolute Gasteiger partial charge is 0.401 e. The summed E-state index contributed by atoms with van der Waals surface area (Å²) in [5.74, 6) is 0.558. The molecule has 3 heterocycles. The Bertz CT molecular complexity index is 1100. The highest BCUT2D eigenvalue weighted by Gasteiger charge is 2.22. The normalized spacial score (nSPS) is 16.8. The molecule has 6 nitrogen and oxygen atoms in total. The van der Waals surface area contributed by atoms with Crippen LogP contribution in [0, 0.1) is 5.92 Å². The summed E-state index contributed by atoms with van der Waals surface area (Å²) in [6, 6.07) is 8.37. The number of benzene rings is 1. The topological polar surface area (TPSA) is 85.3 Å². The molecule has 3 aromatic rings. The minimum Gasteiger partial charge on any atom is -0.401 e. The van der Waals surface area contributed by atoms with Crippen molar-refractivity contribution in [1.82, 2.24) is 14.9 Å². The second-order valence-corrected chi connectivity index (χ2v) is 8.86. The van der Waals surface area contributed by atoms with Crippen LogP contribution < -0.4 is 11.1 Å².